The van der Waals surface area contributed by atoms with Gasteiger partial charge >= 0.3 is 12.1 Å². The SMILES string of the molecule is CC(C)(C)OC(=O)NC1(C(=O)O)CCN(c2ncc3ccsc3n2)C1. The second-order valence-corrected chi connectivity index (χ2v) is 7.93. The number of aliphatic carboxylic acids is 1. The van der Waals surface area contributed by atoms with Gasteiger partial charge in [-0.15, -0.1) is 11.3 Å². The van der Waals surface area contributed by atoms with E-state index in [4.69, 9.17) is 4.74 Å². The zero-order valence-corrected chi connectivity index (χ0v) is 15.1. The van der Waals surface area contributed by atoms with E-state index < -0.39 is 23.2 Å². The van der Waals surface area contributed by atoms with Crippen LogP contribution in [0.2, 0.25) is 0 Å². The minimum absolute atomic E-state index is 0.0818. The predicted molar refractivity (Wildman–Crippen MR) is 94.0 cm³/mol. The Morgan fingerprint density at radius 1 is 1.44 bits per heavy atom. The largest absolute Gasteiger partial charge is 0.479 e. The number of aromatic nitrogens is 2. The molecule has 25 heavy (non-hydrogen) atoms. The van der Waals surface area contributed by atoms with Crippen LogP contribution in [0.5, 0.6) is 0 Å². The number of hydrogen-bond acceptors (Lipinski definition) is 7. The molecule has 9 heteroatoms. The number of nitrogens with zero attached hydrogens (tertiary/aromatic N) is 3. The molecule has 0 aliphatic carbocycles. The van der Waals surface area contributed by atoms with Crippen LogP contribution in [0.3, 0.4) is 0 Å². The normalized spacial score (nSPS) is 20.7. The molecule has 1 amide bonds. The first-order chi connectivity index (χ1) is 11.7. The predicted octanol–water partition coefficient (Wildman–Crippen LogP) is 2.25. The summed E-state index contributed by atoms with van der Waals surface area (Å²) in [7, 11) is 0. The van der Waals surface area contributed by atoms with Gasteiger partial charge in [0.25, 0.3) is 0 Å². The molecule has 3 rings (SSSR count). The average molecular weight is 364 g/mol. The maximum Gasteiger partial charge on any atom is 0.408 e. The first-order valence-corrected chi connectivity index (χ1v) is 8.76. The van der Waals surface area contributed by atoms with Gasteiger partial charge in [-0.3, -0.25) is 0 Å². The Balaban J connectivity index is 1.78. The number of carbonyl (C=O) groups is 2. The highest BCUT2D eigenvalue weighted by Crippen LogP contribution is 2.27. The fraction of sp³-hybridized carbons (Fsp3) is 0.500. The van der Waals surface area contributed by atoms with Crippen LogP contribution in [0.15, 0.2) is 17.6 Å². The van der Waals surface area contributed by atoms with Crippen LogP contribution < -0.4 is 10.2 Å². The van der Waals surface area contributed by atoms with Gasteiger partial charge in [0.1, 0.15) is 10.4 Å². The van der Waals surface area contributed by atoms with Gasteiger partial charge < -0.3 is 20.1 Å². The highest BCUT2D eigenvalue weighted by Gasteiger charge is 2.47. The monoisotopic (exact) mass is 364 g/mol. The fourth-order valence-electron chi connectivity index (χ4n) is 2.71. The zero-order chi connectivity index (χ0) is 18.2. The number of carboxylic acids is 1. The van der Waals surface area contributed by atoms with Gasteiger partial charge in [-0.1, -0.05) is 0 Å². The minimum Gasteiger partial charge on any atom is -0.479 e. The van der Waals surface area contributed by atoms with Gasteiger partial charge in [-0.25, -0.2) is 19.6 Å². The number of thiophene rings is 1. The van der Waals surface area contributed by atoms with E-state index in [9.17, 15) is 14.7 Å². The smallest absolute Gasteiger partial charge is 0.408 e. The maximum absolute atomic E-state index is 12.1. The molecule has 2 aromatic heterocycles. The number of ether oxygens (including phenoxy) is 1. The highest BCUT2D eigenvalue weighted by molar-refractivity contribution is 7.16. The van der Waals surface area contributed by atoms with E-state index in [2.05, 4.69) is 15.3 Å². The molecule has 2 N–H and O–H groups in total. The van der Waals surface area contributed by atoms with E-state index in [0.717, 1.165) is 10.2 Å². The van der Waals surface area contributed by atoms with Gasteiger partial charge in [0.2, 0.25) is 5.95 Å². The van der Waals surface area contributed by atoms with Crippen LogP contribution in [0.1, 0.15) is 27.2 Å². The molecule has 0 aromatic carbocycles. The molecule has 1 aliphatic rings. The van der Waals surface area contributed by atoms with Crippen molar-refractivity contribution in [2.45, 2.75) is 38.3 Å². The Kier molecular flexibility index (Phi) is 4.28. The van der Waals surface area contributed by atoms with Crippen molar-refractivity contribution in [3.05, 3.63) is 17.6 Å². The van der Waals surface area contributed by atoms with E-state index in [1.807, 2.05) is 11.4 Å². The number of amides is 1. The van der Waals surface area contributed by atoms with Crippen molar-refractivity contribution < 1.29 is 19.4 Å². The molecule has 1 fully saturated rings. The number of nitrogens with one attached hydrogen (secondary N) is 1. The lowest BCUT2D eigenvalue weighted by atomic mass is 9.99. The van der Waals surface area contributed by atoms with Gasteiger partial charge in [-0.05, 0) is 32.2 Å². The standard InChI is InChI=1S/C16H20N4O4S/c1-15(2,3)24-14(23)19-16(12(21)22)5-6-20(9-16)13-17-8-10-4-7-25-11(10)18-13/h4,7-8H,5-6,9H2,1-3H3,(H,19,23)(H,21,22). The molecule has 0 bridgehead atoms. The summed E-state index contributed by atoms with van der Waals surface area (Å²) in [6, 6.07) is 1.93. The van der Waals surface area contributed by atoms with Crippen molar-refractivity contribution in [1.29, 1.82) is 0 Å². The van der Waals surface area contributed by atoms with Gasteiger partial charge in [-0.2, -0.15) is 0 Å². The molecule has 1 aliphatic heterocycles. The Morgan fingerprint density at radius 2 is 2.20 bits per heavy atom. The third-order valence-electron chi connectivity index (χ3n) is 3.90. The third-order valence-corrected chi connectivity index (χ3v) is 4.72. The number of carbonyl (C=O) groups excluding carboxylic acids is 1. The van der Waals surface area contributed by atoms with Crippen molar-refractivity contribution in [3.63, 3.8) is 0 Å². The number of hydrogen-bond donors (Lipinski definition) is 2. The number of anilines is 1. The second kappa shape index (κ2) is 6.14. The van der Waals surface area contributed by atoms with Crippen LogP contribution in [0, 0.1) is 0 Å². The van der Waals surface area contributed by atoms with Crippen LogP contribution in [0.25, 0.3) is 10.2 Å². The molecule has 1 atom stereocenters. The second-order valence-electron chi connectivity index (χ2n) is 7.04. The Morgan fingerprint density at radius 3 is 2.88 bits per heavy atom. The molecular weight excluding hydrogens is 344 g/mol. The molecule has 0 radical (unpaired) electrons. The summed E-state index contributed by atoms with van der Waals surface area (Å²) >= 11 is 1.50. The summed E-state index contributed by atoms with van der Waals surface area (Å²) in [5, 5.41) is 15.1. The van der Waals surface area contributed by atoms with Gasteiger partial charge in [0.15, 0.2) is 5.54 Å². The minimum atomic E-state index is -1.42. The third kappa shape index (κ3) is 3.65. The number of alkyl carbamates (subject to hydrolysis) is 1. The lowest BCUT2D eigenvalue weighted by Crippen LogP contribution is -2.57. The van der Waals surface area contributed by atoms with E-state index >= 15 is 0 Å². The first kappa shape index (κ1) is 17.4. The van der Waals surface area contributed by atoms with Crippen molar-refractivity contribution >= 4 is 39.6 Å². The van der Waals surface area contributed by atoms with Crippen molar-refractivity contribution in [1.82, 2.24) is 15.3 Å². The molecule has 1 saturated heterocycles. The summed E-state index contributed by atoms with van der Waals surface area (Å²) in [4.78, 5) is 35.3. The summed E-state index contributed by atoms with van der Waals surface area (Å²) in [6.07, 6.45) is 1.22. The Bertz CT molecular complexity index is 816. The van der Waals surface area contributed by atoms with E-state index in [1.165, 1.54) is 11.3 Å². The maximum atomic E-state index is 12.1. The first-order valence-electron chi connectivity index (χ1n) is 7.88. The number of carboxylic acid groups (broad SMARTS) is 1. The van der Waals surface area contributed by atoms with Crippen LogP contribution in [-0.4, -0.2) is 51.4 Å². The molecule has 2 aromatic rings. The number of rotatable bonds is 3. The number of fused-ring (bicyclic) bond motifs is 1. The van der Waals surface area contributed by atoms with Crippen LogP contribution >= 0.6 is 11.3 Å². The van der Waals surface area contributed by atoms with Crippen molar-refractivity contribution in [2.24, 2.45) is 0 Å². The van der Waals surface area contributed by atoms with Crippen molar-refractivity contribution in [3.8, 4) is 0 Å². The molecule has 8 nitrogen and oxygen atoms in total. The topological polar surface area (TPSA) is 105 Å². The Hall–Kier alpha value is -2.42. The quantitative estimate of drug-likeness (QED) is 0.860. The highest BCUT2D eigenvalue weighted by atomic mass is 32.1. The zero-order valence-electron chi connectivity index (χ0n) is 14.3. The lowest BCUT2D eigenvalue weighted by Gasteiger charge is -2.28. The molecular formula is C16H20N4O4S. The molecule has 3 heterocycles. The fourth-order valence-corrected chi connectivity index (χ4v) is 3.44. The average Bonchev–Trinajstić information content (AvgIpc) is 3.11. The van der Waals surface area contributed by atoms with Crippen molar-refractivity contribution in [2.75, 3.05) is 18.0 Å². The summed E-state index contributed by atoms with van der Waals surface area (Å²) in [5.41, 5.74) is -2.12. The van der Waals surface area contributed by atoms with Crippen LogP contribution in [-0.2, 0) is 9.53 Å². The van der Waals surface area contributed by atoms with Crippen LogP contribution in [0.4, 0.5) is 10.7 Å². The summed E-state index contributed by atoms with van der Waals surface area (Å²) < 4.78 is 5.20. The Labute approximate surface area is 148 Å². The van der Waals surface area contributed by atoms with E-state index in [0.29, 0.717) is 12.5 Å². The van der Waals surface area contributed by atoms with E-state index in [-0.39, 0.29) is 13.0 Å². The van der Waals surface area contributed by atoms with E-state index in [1.54, 1.807) is 31.9 Å². The summed E-state index contributed by atoms with van der Waals surface area (Å²) in [5.74, 6) is -0.637. The summed E-state index contributed by atoms with van der Waals surface area (Å²) in [6.45, 7) is 5.69. The molecule has 0 saturated carbocycles. The molecule has 0 spiro atoms. The van der Waals surface area contributed by atoms with Gasteiger partial charge in [0.05, 0.1) is 6.54 Å². The van der Waals surface area contributed by atoms with Gasteiger partial charge in [0, 0.05) is 24.5 Å². The lowest BCUT2D eigenvalue weighted by molar-refractivity contribution is -0.143. The molecule has 134 valence electrons. The molecule has 1 unspecified atom stereocenters.